The molecule has 46 heavy (non-hydrogen) atoms. The number of aromatic nitrogens is 1. The maximum atomic E-state index is 7.73. The van der Waals surface area contributed by atoms with Crippen LogP contribution in [0.25, 0.3) is 55.0 Å². The van der Waals surface area contributed by atoms with E-state index in [-0.39, 0.29) is 6.04 Å². The van der Waals surface area contributed by atoms with E-state index >= 15 is 0 Å². The van der Waals surface area contributed by atoms with Gasteiger partial charge in [0.05, 0.1) is 17.1 Å². The first-order valence-corrected chi connectivity index (χ1v) is 15.3. The summed E-state index contributed by atoms with van der Waals surface area (Å²) < 4.78 is 2.40. The number of dihydropyridines is 1. The molecule has 0 saturated carbocycles. The van der Waals surface area contributed by atoms with Crippen LogP contribution in [0.4, 0.5) is 0 Å². The first-order chi connectivity index (χ1) is 22.6. The highest BCUT2D eigenvalue weighted by atomic mass is 15.0. The summed E-state index contributed by atoms with van der Waals surface area (Å²) in [5.74, 6) is 0. The third kappa shape index (κ3) is 4.96. The van der Waals surface area contributed by atoms with Gasteiger partial charge in [0.1, 0.15) is 0 Å². The van der Waals surface area contributed by atoms with Gasteiger partial charge in [-0.1, -0.05) is 122 Å². The molecule has 6 aromatic rings. The van der Waals surface area contributed by atoms with Crippen molar-refractivity contribution in [3.05, 3.63) is 181 Å². The Bertz CT molecular complexity index is 2280. The number of hydrogen-bond donors (Lipinski definition) is 3. The predicted molar refractivity (Wildman–Crippen MR) is 196 cm³/mol. The zero-order valence-corrected chi connectivity index (χ0v) is 25.4. The number of rotatable bonds is 8. The molecule has 0 radical (unpaired) electrons. The van der Waals surface area contributed by atoms with E-state index in [0.29, 0.717) is 0 Å². The lowest BCUT2D eigenvalue weighted by Crippen LogP contribution is -2.17. The molecule has 5 aromatic carbocycles. The molecule has 4 N–H and O–H groups in total. The molecule has 0 fully saturated rings. The molecule has 0 spiro atoms. The van der Waals surface area contributed by atoms with E-state index in [1.807, 2.05) is 12.3 Å². The second-order valence-corrected chi connectivity index (χ2v) is 11.4. The normalized spacial score (nSPS) is 15.1. The van der Waals surface area contributed by atoms with Crippen LogP contribution < -0.4 is 11.1 Å². The van der Waals surface area contributed by atoms with Crippen molar-refractivity contribution in [3.63, 3.8) is 0 Å². The third-order valence-corrected chi connectivity index (χ3v) is 8.77. The van der Waals surface area contributed by atoms with Crippen LogP contribution in [-0.4, -0.2) is 10.8 Å². The van der Waals surface area contributed by atoms with E-state index in [1.165, 1.54) is 44.4 Å². The van der Waals surface area contributed by atoms with Crippen molar-refractivity contribution >= 4 is 44.4 Å². The lowest BCUT2D eigenvalue weighted by Gasteiger charge is -2.20. The van der Waals surface area contributed by atoms with Crippen LogP contribution in [0.2, 0.25) is 0 Å². The zero-order valence-electron chi connectivity index (χ0n) is 25.4. The van der Waals surface area contributed by atoms with Crippen LogP contribution in [0, 0.1) is 5.41 Å². The third-order valence-electron chi connectivity index (χ3n) is 8.77. The van der Waals surface area contributed by atoms with E-state index in [2.05, 4.69) is 138 Å². The van der Waals surface area contributed by atoms with Crippen molar-refractivity contribution in [2.45, 2.75) is 6.04 Å². The minimum Gasteiger partial charge on any atom is -0.404 e. The van der Waals surface area contributed by atoms with Gasteiger partial charge in [-0.3, -0.25) is 0 Å². The van der Waals surface area contributed by atoms with Gasteiger partial charge in [-0.05, 0) is 68.6 Å². The topological polar surface area (TPSA) is 66.8 Å². The summed E-state index contributed by atoms with van der Waals surface area (Å²) in [6, 6.07) is 37.0. The predicted octanol–water partition coefficient (Wildman–Crippen LogP) is 9.94. The molecule has 4 heteroatoms. The number of benzene rings is 5. The second kappa shape index (κ2) is 12.1. The second-order valence-electron chi connectivity index (χ2n) is 11.4. The average molecular weight is 595 g/mol. The maximum Gasteiger partial charge on any atom is 0.0696 e. The first-order valence-electron chi connectivity index (χ1n) is 15.3. The Morgan fingerprint density at radius 3 is 2.26 bits per heavy atom. The minimum absolute atomic E-state index is 0.0345. The van der Waals surface area contributed by atoms with Gasteiger partial charge in [0.25, 0.3) is 0 Å². The molecule has 2 heterocycles. The highest BCUT2D eigenvalue weighted by Gasteiger charge is 2.18. The van der Waals surface area contributed by atoms with Crippen LogP contribution in [-0.2, 0) is 0 Å². The van der Waals surface area contributed by atoms with Crippen LogP contribution in [0.3, 0.4) is 0 Å². The first kappa shape index (κ1) is 28.6. The van der Waals surface area contributed by atoms with E-state index in [9.17, 15) is 0 Å². The largest absolute Gasteiger partial charge is 0.404 e. The van der Waals surface area contributed by atoms with Crippen LogP contribution in [0.1, 0.15) is 17.2 Å². The van der Waals surface area contributed by atoms with Crippen molar-refractivity contribution in [1.29, 1.82) is 5.41 Å². The van der Waals surface area contributed by atoms with Crippen LogP contribution in [0.5, 0.6) is 0 Å². The smallest absolute Gasteiger partial charge is 0.0696 e. The van der Waals surface area contributed by atoms with Crippen molar-refractivity contribution in [3.8, 4) is 16.8 Å². The fourth-order valence-corrected chi connectivity index (χ4v) is 6.43. The van der Waals surface area contributed by atoms with Crippen molar-refractivity contribution < 1.29 is 0 Å². The van der Waals surface area contributed by atoms with Gasteiger partial charge in [-0.15, -0.1) is 0 Å². The summed E-state index contributed by atoms with van der Waals surface area (Å²) in [5, 5.41) is 16.1. The van der Waals surface area contributed by atoms with Gasteiger partial charge < -0.3 is 21.0 Å². The number of allylic oxidation sites excluding steroid dienone is 7. The summed E-state index contributed by atoms with van der Waals surface area (Å²) in [6.07, 6.45) is 14.6. The molecule has 0 saturated heterocycles. The van der Waals surface area contributed by atoms with Crippen LogP contribution >= 0.6 is 0 Å². The van der Waals surface area contributed by atoms with E-state index in [4.69, 9.17) is 11.1 Å². The van der Waals surface area contributed by atoms with Gasteiger partial charge in [-0.2, -0.15) is 0 Å². The Labute approximate surface area is 269 Å². The molecule has 1 aromatic heterocycles. The number of fused-ring (bicyclic) bond motifs is 5. The number of hydrogen-bond acceptors (Lipinski definition) is 3. The van der Waals surface area contributed by atoms with Crippen LogP contribution in [0.15, 0.2) is 170 Å². The summed E-state index contributed by atoms with van der Waals surface area (Å²) in [4.78, 5) is 0. The number of para-hydroxylation sites is 1. The molecule has 222 valence electrons. The Kier molecular flexibility index (Phi) is 7.53. The molecular formula is C42H34N4. The molecule has 4 nitrogen and oxygen atoms in total. The Morgan fingerprint density at radius 2 is 1.57 bits per heavy atom. The monoisotopic (exact) mass is 594 g/mol. The SMILES string of the molecule is C=C/C=C(\C=N)c1ccc(-c2ccc3c(ccc4c5ccc(C6C=CC(/C(C=C)=C/N)=CN6)cc5n(-c5ccccc5)c34)c2)cc1. The fourth-order valence-electron chi connectivity index (χ4n) is 6.43. The minimum atomic E-state index is 0.0345. The van der Waals surface area contributed by atoms with Gasteiger partial charge in [0.2, 0.25) is 0 Å². The van der Waals surface area contributed by atoms with Crippen molar-refractivity contribution in [2.24, 2.45) is 5.73 Å². The van der Waals surface area contributed by atoms with E-state index < -0.39 is 0 Å². The Morgan fingerprint density at radius 1 is 0.804 bits per heavy atom. The standard InChI is InChI=1S/C42H34N4/c1-3-8-34(26-44)30-13-11-29(12-14-30)31-15-19-37-32(23-31)16-21-39-38-20-17-33(40-22-18-35(27-45-40)28(4-2)25-43)24-41(38)46(42(37)39)36-9-6-5-7-10-36/h3-27,40,44-45H,1-2,43H2/b28-25+,34-8+,44-26?. The Balaban J connectivity index is 1.35. The highest BCUT2D eigenvalue weighted by molar-refractivity contribution is 6.19. The molecule has 0 bridgehead atoms. The summed E-state index contributed by atoms with van der Waals surface area (Å²) >= 11 is 0. The molecule has 1 unspecified atom stereocenters. The number of nitrogens with two attached hydrogens (primary N) is 1. The lowest BCUT2D eigenvalue weighted by atomic mass is 9.97. The van der Waals surface area contributed by atoms with E-state index in [0.717, 1.165) is 39.1 Å². The molecule has 0 aliphatic carbocycles. The molecular weight excluding hydrogens is 560 g/mol. The molecule has 1 aliphatic heterocycles. The van der Waals surface area contributed by atoms with Gasteiger partial charge in [0.15, 0.2) is 0 Å². The summed E-state index contributed by atoms with van der Waals surface area (Å²) in [6.45, 7) is 7.64. The van der Waals surface area contributed by atoms with Gasteiger partial charge in [-0.25, -0.2) is 0 Å². The quantitative estimate of drug-likeness (QED) is 0.121. The van der Waals surface area contributed by atoms with Crippen molar-refractivity contribution in [1.82, 2.24) is 9.88 Å². The lowest BCUT2D eigenvalue weighted by molar-refractivity contribution is 0.741. The summed E-state index contributed by atoms with van der Waals surface area (Å²) in [7, 11) is 0. The Hall–Kier alpha value is -6.13. The molecule has 1 aliphatic rings. The van der Waals surface area contributed by atoms with Gasteiger partial charge >= 0.3 is 0 Å². The van der Waals surface area contributed by atoms with E-state index in [1.54, 1.807) is 18.4 Å². The van der Waals surface area contributed by atoms with Gasteiger partial charge in [0, 0.05) is 40.5 Å². The number of nitrogens with one attached hydrogen (secondary N) is 2. The fraction of sp³-hybridized carbons (Fsp3) is 0.0238. The summed E-state index contributed by atoms with van der Waals surface area (Å²) in [5.41, 5.74) is 16.5. The highest BCUT2D eigenvalue weighted by Crippen LogP contribution is 2.39. The van der Waals surface area contributed by atoms with Crippen molar-refractivity contribution in [2.75, 3.05) is 0 Å². The molecule has 1 atom stereocenters. The number of nitrogens with zero attached hydrogens (tertiary/aromatic N) is 1. The molecule has 7 rings (SSSR count). The zero-order chi connectivity index (χ0) is 31.6. The molecule has 0 amide bonds. The maximum absolute atomic E-state index is 7.73. The average Bonchev–Trinajstić information content (AvgIpc) is 3.46.